The maximum absolute atomic E-state index is 15.0. The van der Waals surface area contributed by atoms with E-state index in [0.717, 1.165) is 51.4 Å². The second kappa shape index (κ2) is 10.5. The van der Waals surface area contributed by atoms with Gasteiger partial charge in [0.1, 0.15) is 0 Å². The normalized spacial score (nSPS) is 18.5. The molecule has 0 heterocycles. The lowest BCUT2D eigenvalue weighted by atomic mass is 9.78. The molecule has 3 aromatic rings. The van der Waals surface area contributed by atoms with Crippen LogP contribution < -0.4 is 0 Å². The lowest BCUT2D eigenvalue weighted by Gasteiger charge is -2.29. The number of rotatable bonds is 7. The van der Waals surface area contributed by atoms with Crippen LogP contribution in [0.1, 0.15) is 50.5 Å². The van der Waals surface area contributed by atoms with Crippen molar-refractivity contribution < 1.29 is 22.3 Å². The van der Waals surface area contributed by atoms with Crippen LogP contribution in [-0.4, -0.2) is 13.2 Å². The van der Waals surface area contributed by atoms with Crippen molar-refractivity contribution in [2.24, 2.45) is 5.92 Å². The summed E-state index contributed by atoms with van der Waals surface area (Å²) < 4.78 is 63.3. The summed E-state index contributed by atoms with van der Waals surface area (Å²) in [6.07, 6.45) is 4.55. The Labute approximate surface area is 192 Å². The van der Waals surface area contributed by atoms with E-state index in [4.69, 9.17) is 4.74 Å². The zero-order valence-electron chi connectivity index (χ0n) is 18.7. The summed E-state index contributed by atoms with van der Waals surface area (Å²) in [4.78, 5) is 0. The fourth-order valence-corrected chi connectivity index (χ4v) is 4.69. The molecule has 1 nitrogen and oxygen atoms in total. The standard InChI is InChI=1S/C28H28F4O/c1-2-16-33-17-18-6-8-19(9-7-18)23-14-15-24(28(32)27(23)31)21-12-10-20(11-13-21)22-4-3-5-25(29)26(22)30/h3-5,10-15,18-19H,2,6-9,16-17H2,1H3. The molecular formula is C28H28F4O. The number of benzene rings is 3. The molecule has 0 N–H and O–H groups in total. The van der Waals surface area contributed by atoms with E-state index in [1.807, 2.05) is 0 Å². The lowest BCUT2D eigenvalue weighted by molar-refractivity contribution is 0.0830. The van der Waals surface area contributed by atoms with Crippen LogP contribution >= 0.6 is 0 Å². The van der Waals surface area contributed by atoms with Crippen molar-refractivity contribution in [1.29, 1.82) is 0 Å². The van der Waals surface area contributed by atoms with E-state index in [2.05, 4.69) is 6.92 Å². The van der Waals surface area contributed by atoms with E-state index in [1.54, 1.807) is 36.4 Å². The second-order valence-electron chi connectivity index (χ2n) is 8.80. The number of hydrogen-bond acceptors (Lipinski definition) is 1. The van der Waals surface area contributed by atoms with Gasteiger partial charge in [0, 0.05) is 24.3 Å². The first-order valence-corrected chi connectivity index (χ1v) is 11.6. The molecule has 3 aromatic carbocycles. The van der Waals surface area contributed by atoms with Crippen molar-refractivity contribution in [3.8, 4) is 22.3 Å². The van der Waals surface area contributed by atoms with E-state index in [9.17, 15) is 8.78 Å². The van der Waals surface area contributed by atoms with Crippen LogP contribution in [0.2, 0.25) is 0 Å². The van der Waals surface area contributed by atoms with Gasteiger partial charge in [0.15, 0.2) is 23.3 Å². The fraction of sp³-hybridized carbons (Fsp3) is 0.357. The molecule has 1 saturated carbocycles. The summed E-state index contributed by atoms with van der Waals surface area (Å²) in [6, 6.07) is 13.6. The van der Waals surface area contributed by atoms with Gasteiger partial charge < -0.3 is 4.74 Å². The minimum absolute atomic E-state index is 0.00861. The zero-order chi connectivity index (χ0) is 23.4. The number of ether oxygens (including phenoxy) is 1. The Morgan fingerprint density at radius 1 is 0.727 bits per heavy atom. The van der Waals surface area contributed by atoms with Crippen LogP contribution in [0.15, 0.2) is 54.6 Å². The highest BCUT2D eigenvalue weighted by Gasteiger charge is 2.26. The summed E-state index contributed by atoms with van der Waals surface area (Å²) in [6.45, 7) is 3.59. The third kappa shape index (κ3) is 5.14. The number of hydrogen-bond donors (Lipinski definition) is 0. The molecule has 5 heteroatoms. The highest BCUT2D eigenvalue weighted by atomic mass is 19.2. The van der Waals surface area contributed by atoms with Gasteiger partial charge in [-0.2, -0.15) is 0 Å². The maximum Gasteiger partial charge on any atom is 0.166 e. The van der Waals surface area contributed by atoms with Gasteiger partial charge in [0.2, 0.25) is 0 Å². The first kappa shape index (κ1) is 23.5. The highest BCUT2D eigenvalue weighted by molar-refractivity contribution is 5.71. The summed E-state index contributed by atoms with van der Waals surface area (Å²) in [7, 11) is 0. The summed E-state index contributed by atoms with van der Waals surface area (Å²) >= 11 is 0. The summed E-state index contributed by atoms with van der Waals surface area (Å²) in [5.74, 6) is -3.03. The summed E-state index contributed by atoms with van der Waals surface area (Å²) in [5, 5.41) is 0. The van der Waals surface area contributed by atoms with Crippen molar-refractivity contribution in [3.63, 3.8) is 0 Å². The first-order chi connectivity index (χ1) is 16.0. The predicted molar refractivity (Wildman–Crippen MR) is 123 cm³/mol. The number of halogens is 4. The van der Waals surface area contributed by atoms with Crippen molar-refractivity contribution in [3.05, 3.63) is 83.4 Å². The van der Waals surface area contributed by atoms with Crippen LogP contribution in [0, 0.1) is 29.2 Å². The molecule has 33 heavy (non-hydrogen) atoms. The molecular weight excluding hydrogens is 428 g/mol. The Bertz CT molecular complexity index is 1090. The Balaban J connectivity index is 1.49. The van der Waals surface area contributed by atoms with Crippen LogP contribution in [0.3, 0.4) is 0 Å². The van der Waals surface area contributed by atoms with Crippen LogP contribution in [0.4, 0.5) is 17.6 Å². The monoisotopic (exact) mass is 456 g/mol. The average Bonchev–Trinajstić information content (AvgIpc) is 2.84. The molecule has 1 fully saturated rings. The largest absolute Gasteiger partial charge is 0.381 e. The van der Waals surface area contributed by atoms with Gasteiger partial charge >= 0.3 is 0 Å². The van der Waals surface area contributed by atoms with E-state index >= 15 is 8.78 Å². The molecule has 0 radical (unpaired) electrons. The van der Waals surface area contributed by atoms with Gasteiger partial charge in [-0.3, -0.25) is 0 Å². The smallest absolute Gasteiger partial charge is 0.166 e. The van der Waals surface area contributed by atoms with E-state index < -0.39 is 23.3 Å². The van der Waals surface area contributed by atoms with Gasteiger partial charge in [-0.15, -0.1) is 0 Å². The van der Waals surface area contributed by atoms with Crippen LogP contribution in [-0.2, 0) is 4.74 Å². The van der Waals surface area contributed by atoms with Crippen molar-refractivity contribution in [2.75, 3.05) is 13.2 Å². The molecule has 0 spiro atoms. The Morgan fingerprint density at radius 3 is 2.00 bits per heavy atom. The zero-order valence-corrected chi connectivity index (χ0v) is 18.7. The molecule has 174 valence electrons. The molecule has 0 aliphatic heterocycles. The Kier molecular flexibility index (Phi) is 7.49. The molecule has 0 unspecified atom stereocenters. The molecule has 1 aliphatic rings. The van der Waals surface area contributed by atoms with Gasteiger partial charge in [-0.1, -0.05) is 55.5 Å². The summed E-state index contributed by atoms with van der Waals surface area (Å²) in [5.41, 5.74) is 1.66. The maximum atomic E-state index is 15.0. The Hall–Kier alpha value is -2.66. The molecule has 0 atom stereocenters. The topological polar surface area (TPSA) is 9.23 Å². The van der Waals surface area contributed by atoms with Crippen LogP contribution in [0.25, 0.3) is 22.3 Å². The molecule has 4 rings (SSSR count). The quantitative estimate of drug-likeness (QED) is 0.257. The van der Waals surface area contributed by atoms with Crippen molar-refractivity contribution in [1.82, 2.24) is 0 Å². The molecule has 0 aromatic heterocycles. The van der Waals surface area contributed by atoms with E-state index in [-0.39, 0.29) is 17.0 Å². The lowest BCUT2D eigenvalue weighted by Crippen LogP contribution is -2.19. The van der Waals surface area contributed by atoms with E-state index in [0.29, 0.717) is 22.6 Å². The molecule has 0 amide bonds. The molecule has 0 bridgehead atoms. The van der Waals surface area contributed by atoms with Crippen molar-refractivity contribution in [2.45, 2.75) is 44.9 Å². The van der Waals surface area contributed by atoms with Gasteiger partial charge in [-0.05, 0) is 66.7 Å². The van der Waals surface area contributed by atoms with E-state index in [1.165, 1.54) is 12.1 Å². The highest BCUT2D eigenvalue weighted by Crippen LogP contribution is 2.39. The predicted octanol–water partition coefficient (Wildman–Crippen LogP) is 8.28. The third-order valence-corrected chi connectivity index (χ3v) is 6.56. The molecule has 1 aliphatic carbocycles. The Morgan fingerprint density at radius 2 is 1.36 bits per heavy atom. The van der Waals surface area contributed by atoms with Gasteiger partial charge in [0.25, 0.3) is 0 Å². The average molecular weight is 457 g/mol. The first-order valence-electron chi connectivity index (χ1n) is 11.6. The van der Waals surface area contributed by atoms with Gasteiger partial charge in [0.05, 0.1) is 0 Å². The second-order valence-corrected chi connectivity index (χ2v) is 8.80. The van der Waals surface area contributed by atoms with Crippen molar-refractivity contribution >= 4 is 0 Å². The minimum atomic E-state index is -0.932. The van der Waals surface area contributed by atoms with Crippen LogP contribution in [0.5, 0.6) is 0 Å². The van der Waals surface area contributed by atoms with Gasteiger partial charge in [-0.25, -0.2) is 17.6 Å². The minimum Gasteiger partial charge on any atom is -0.381 e. The SMILES string of the molecule is CCCOCC1CCC(c2ccc(-c3ccc(-c4cccc(F)c4F)cc3)c(F)c2F)CC1. The third-order valence-electron chi connectivity index (χ3n) is 6.56. The molecule has 0 saturated heterocycles. The fourth-order valence-electron chi connectivity index (χ4n) is 4.69.